The van der Waals surface area contributed by atoms with Crippen molar-refractivity contribution in [1.82, 2.24) is 0 Å². The number of allylic oxidation sites excluding steroid dienone is 1. The van der Waals surface area contributed by atoms with Crippen LogP contribution in [-0.2, 0) is 0 Å². The molecule has 0 unspecified atom stereocenters. The minimum Gasteiger partial charge on any atom is -0.140 e. The fourth-order valence-corrected chi connectivity index (χ4v) is 3.66. The first-order valence-electron chi connectivity index (χ1n) is 8.14. The molecular weight excluding hydrogens is 320 g/mol. The second-order valence-electron chi connectivity index (χ2n) is 5.10. The van der Waals surface area contributed by atoms with Crippen LogP contribution in [0.4, 0.5) is 0 Å². The predicted octanol–water partition coefficient (Wildman–Crippen LogP) is 7.98. The van der Waals surface area contributed by atoms with Crippen LogP contribution in [0.2, 0.25) is 5.02 Å². The number of halogens is 1. The standard InChI is InChI=1S/C19H17ClS.C2H6/c1-3-4-5-17-13(2)21-19-11-8-15(12-18(17)19)14-6-9-16(20)10-7-14;1-2/h4-12H,3H2,1-2H3;1-2H3/b5-4-;. The molecule has 3 rings (SSSR count). The van der Waals surface area contributed by atoms with Gasteiger partial charge in [0.25, 0.3) is 0 Å². The van der Waals surface area contributed by atoms with Crippen molar-refractivity contribution < 1.29 is 0 Å². The van der Waals surface area contributed by atoms with Gasteiger partial charge in [0.1, 0.15) is 0 Å². The normalized spacial score (nSPS) is 10.8. The number of benzene rings is 2. The highest BCUT2D eigenvalue weighted by atomic mass is 35.5. The molecule has 1 heterocycles. The van der Waals surface area contributed by atoms with Gasteiger partial charge in [-0.1, -0.05) is 62.7 Å². The Labute approximate surface area is 148 Å². The zero-order chi connectivity index (χ0) is 16.8. The fourth-order valence-electron chi connectivity index (χ4n) is 2.50. The van der Waals surface area contributed by atoms with Crippen molar-refractivity contribution in [2.45, 2.75) is 34.1 Å². The average molecular weight is 343 g/mol. The summed E-state index contributed by atoms with van der Waals surface area (Å²) in [6, 6.07) is 14.7. The quantitative estimate of drug-likeness (QED) is 0.452. The van der Waals surface area contributed by atoms with E-state index in [0.29, 0.717) is 0 Å². The number of rotatable bonds is 3. The van der Waals surface area contributed by atoms with Crippen molar-refractivity contribution in [1.29, 1.82) is 0 Å². The van der Waals surface area contributed by atoms with E-state index in [2.05, 4.69) is 56.3 Å². The molecule has 0 bridgehead atoms. The largest absolute Gasteiger partial charge is 0.140 e. The topological polar surface area (TPSA) is 0 Å². The highest BCUT2D eigenvalue weighted by molar-refractivity contribution is 7.19. The molecule has 0 radical (unpaired) electrons. The average Bonchev–Trinajstić information content (AvgIpc) is 2.90. The van der Waals surface area contributed by atoms with E-state index in [1.165, 1.54) is 31.7 Å². The smallest absolute Gasteiger partial charge is 0.0406 e. The molecule has 0 spiro atoms. The van der Waals surface area contributed by atoms with Gasteiger partial charge in [-0.05, 0) is 54.3 Å². The number of thiophene rings is 1. The zero-order valence-electron chi connectivity index (χ0n) is 14.2. The first-order valence-corrected chi connectivity index (χ1v) is 9.34. The Balaban J connectivity index is 0.000000924. The summed E-state index contributed by atoms with van der Waals surface area (Å²) in [7, 11) is 0. The Morgan fingerprint density at radius 2 is 1.65 bits per heavy atom. The van der Waals surface area contributed by atoms with Crippen molar-refractivity contribution >= 4 is 39.1 Å². The van der Waals surface area contributed by atoms with E-state index < -0.39 is 0 Å². The molecule has 2 aromatic carbocycles. The summed E-state index contributed by atoms with van der Waals surface area (Å²) in [4.78, 5) is 1.38. The summed E-state index contributed by atoms with van der Waals surface area (Å²) >= 11 is 7.84. The van der Waals surface area contributed by atoms with Gasteiger partial charge in [-0.3, -0.25) is 0 Å². The Morgan fingerprint density at radius 3 is 2.30 bits per heavy atom. The Kier molecular flexibility index (Phi) is 6.44. The lowest BCUT2D eigenvalue weighted by atomic mass is 10.0. The number of fused-ring (bicyclic) bond motifs is 1. The van der Waals surface area contributed by atoms with Crippen molar-refractivity contribution in [2.75, 3.05) is 0 Å². The van der Waals surface area contributed by atoms with Gasteiger partial charge in [0.2, 0.25) is 0 Å². The Hall–Kier alpha value is -1.57. The van der Waals surface area contributed by atoms with Crippen LogP contribution >= 0.6 is 22.9 Å². The maximum absolute atomic E-state index is 5.97. The molecule has 23 heavy (non-hydrogen) atoms. The van der Waals surface area contributed by atoms with E-state index in [9.17, 15) is 0 Å². The van der Waals surface area contributed by atoms with E-state index in [-0.39, 0.29) is 0 Å². The third kappa shape index (κ3) is 4.04. The summed E-state index contributed by atoms with van der Waals surface area (Å²) in [6.45, 7) is 8.36. The Bertz CT molecular complexity index is 795. The highest BCUT2D eigenvalue weighted by Crippen LogP contribution is 2.35. The first kappa shape index (κ1) is 17.8. The maximum atomic E-state index is 5.97. The van der Waals surface area contributed by atoms with Crippen LogP contribution in [-0.4, -0.2) is 0 Å². The van der Waals surface area contributed by atoms with Crippen molar-refractivity contribution in [2.24, 2.45) is 0 Å². The molecule has 0 N–H and O–H groups in total. The summed E-state index contributed by atoms with van der Waals surface area (Å²) in [5.74, 6) is 0. The molecule has 0 amide bonds. The molecule has 1 aromatic heterocycles. The van der Waals surface area contributed by atoms with Gasteiger partial charge in [-0.15, -0.1) is 11.3 Å². The van der Waals surface area contributed by atoms with Crippen LogP contribution in [0, 0.1) is 6.92 Å². The van der Waals surface area contributed by atoms with Gasteiger partial charge >= 0.3 is 0 Å². The van der Waals surface area contributed by atoms with Crippen LogP contribution in [0.25, 0.3) is 27.3 Å². The van der Waals surface area contributed by atoms with Gasteiger partial charge in [-0.25, -0.2) is 0 Å². The number of hydrogen-bond acceptors (Lipinski definition) is 1. The molecule has 0 saturated carbocycles. The van der Waals surface area contributed by atoms with Crippen molar-refractivity contribution in [3.05, 3.63) is 64.0 Å². The molecule has 3 aromatic rings. The van der Waals surface area contributed by atoms with Gasteiger partial charge in [-0.2, -0.15) is 0 Å². The highest BCUT2D eigenvalue weighted by Gasteiger charge is 2.08. The molecule has 120 valence electrons. The van der Waals surface area contributed by atoms with Crippen LogP contribution in [0.1, 0.15) is 37.6 Å². The van der Waals surface area contributed by atoms with Crippen LogP contribution in [0.5, 0.6) is 0 Å². The lowest BCUT2D eigenvalue weighted by Crippen LogP contribution is -1.78. The van der Waals surface area contributed by atoms with Crippen molar-refractivity contribution in [3.8, 4) is 11.1 Å². The summed E-state index contributed by atoms with van der Waals surface area (Å²) in [6.07, 6.45) is 5.54. The second kappa shape index (κ2) is 8.33. The summed E-state index contributed by atoms with van der Waals surface area (Å²) in [5.41, 5.74) is 3.80. The molecule has 0 atom stereocenters. The van der Waals surface area contributed by atoms with Gasteiger partial charge < -0.3 is 0 Å². The third-order valence-corrected chi connectivity index (χ3v) is 4.96. The van der Waals surface area contributed by atoms with Crippen LogP contribution < -0.4 is 0 Å². The number of hydrogen-bond donors (Lipinski definition) is 0. The van der Waals surface area contributed by atoms with E-state index in [4.69, 9.17) is 11.6 Å². The van der Waals surface area contributed by atoms with Gasteiger partial charge in [0.05, 0.1) is 0 Å². The minimum atomic E-state index is 0.776. The molecule has 0 aliphatic rings. The lowest BCUT2D eigenvalue weighted by molar-refractivity contribution is 1.23. The SMILES string of the molecule is CC.CC/C=C\c1c(C)sc2ccc(-c3ccc(Cl)cc3)cc12. The predicted molar refractivity (Wildman–Crippen MR) is 108 cm³/mol. The fraction of sp³-hybridized carbons (Fsp3) is 0.238. The molecule has 0 nitrogen and oxygen atoms in total. The van der Waals surface area contributed by atoms with Crippen molar-refractivity contribution in [3.63, 3.8) is 0 Å². The monoisotopic (exact) mass is 342 g/mol. The van der Waals surface area contributed by atoms with Crippen LogP contribution in [0.15, 0.2) is 48.5 Å². The molecule has 0 fully saturated rings. The zero-order valence-corrected chi connectivity index (χ0v) is 15.8. The minimum absolute atomic E-state index is 0.776. The Morgan fingerprint density at radius 1 is 1.00 bits per heavy atom. The first-order chi connectivity index (χ1) is 11.2. The number of aryl methyl sites for hydroxylation is 1. The molecule has 0 aliphatic heterocycles. The summed E-state index contributed by atoms with van der Waals surface area (Å²) in [5, 5.41) is 2.12. The van der Waals surface area contributed by atoms with E-state index in [0.717, 1.165) is 11.4 Å². The summed E-state index contributed by atoms with van der Waals surface area (Å²) < 4.78 is 1.35. The molecular formula is C21H23ClS. The molecule has 2 heteroatoms. The van der Waals surface area contributed by atoms with Crippen LogP contribution in [0.3, 0.4) is 0 Å². The van der Waals surface area contributed by atoms with Gasteiger partial charge in [0.15, 0.2) is 0 Å². The molecule has 0 aliphatic carbocycles. The van der Waals surface area contributed by atoms with E-state index in [1.54, 1.807) is 0 Å². The second-order valence-corrected chi connectivity index (χ2v) is 6.79. The van der Waals surface area contributed by atoms with Gasteiger partial charge in [0, 0.05) is 20.0 Å². The molecule has 0 saturated heterocycles. The maximum Gasteiger partial charge on any atom is 0.0406 e. The lowest BCUT2D eigenvalue weighted by Gasteiger charge is -2.03. The van der Waals surface area contributed by atoms with E-state index in [1.807, 2.05) is 37.3 Å². The third-order valence-electron chi connectivity index (χ3n) is 3.61. The van der Waals surface area contributed by atoms with E-state index >= 15 is 0 Å².